The fraction of sp³-hybridized carbons (Fsp3) is 0.714. The van der Waals surface area contributed by atoms with E-state index in [1.807, 2.05) is 0 Å². The van der Waals surface area contributed by atoms with Crippen molar-refractivity contribution in [3.8, 4) is 0 Å². The number of rotatable bonds is 11. The molecule has 0 aliphatic carbocycles. The molecule has 0 fully saturated rings. The highest BCUT2D eigenvalue weighted by atomic mass is 32.2. The highest BCUT2D eigenvalue weighted by Gasteiger charge is 2.68. The van der Waals surface area contributed by atoms with Crippen molar-refractivity contribution >= 4 is 22.0 Å². The summed E-state index contributed by atoms with van der Waals surface area (Å²) in [7, 11) is -6.65. The van der Waals surface area contributed by atoms with Gasteiger partial charge in [0.15, 0.2) is 0 Å². The van der Waals surface area contributed by atoms with Gasteiger partial charge in [0.2, 0.25) is 0 Å². The van der Waals surface area contributed by atoms with Gasteiger partial charge in [-0.15, -0.1) is 0 Å². The summed E-state index contributed by atoms with van der Waals surface area (Å²) in [6, 6.07) is 0. The first-order chi connectivity index (χ1) is 13.2. The Bertz CT molecular complexity index is 752. The Morgan fingerprint density at radius 3 is 2.00 bits per heavy atom. The first-order valence-electron chi connectivity index (χ1n) is 7.82. The minimum Gasteiger partial charge on any atom is -0.412 e. The molecule has 0 spiro atoms. The van der Waals surface area contributed by atoms with E-state index in [2.05, 4.69) is 16.1 Å². The molecule has 0 radical (unpaired) electrons. The first-order valence-corrected chi connectivity index (χ1v) is 9.26. The number of hydrogen-bond donors (Lipinski definition) is 2. The van der Waals surface area contributed by atoms with Gasteiger partial charge in [-0.25, -0.2) is 4.79 Å². The van der Waals surface area contributed by atoms with Crippen LogP contribution in [0.3, 0.4) is 0 Å². The molecule has 0 saturated heterocycles. The molecule has 0 aromatic rings. The lowest BCUT2D eigenvalue weighted by Gasteiger charge is -2.33. The lowest BCUT2D eigenvalue weighted by atomic mass is 10.2. The number of nitrogens with one attached hydrogen (secondary N) is 1. The summed E-state index contributed by atoms with van der Waals surface area (Å²) in [6.45, 7) is 3.26. The minimum absolute atomic E-state index is 0.181. The second-order valence-electron chi connectivity index (χ2n) is 6.14. The molecule has 0 heterocycles. The Kier molecular flexibility index (Phi) is 8.85. The third kappa shape index (κ3) is 6.28. The van der Waals surface area contributed by atoms with Crippen molar-refractivity contribution in [1.29, 1.82) is 0 Å². The molecule has 1 amide bonds. The maximum absolute atomic E-state index is 13.5. The lowest BCUT2D eigenvalue weighted by Crippen LogP contribution is -2.62. The van der Waals surface area contributed by atoms with E-state index < -0.39 is 70.6 Å². The van der Waals surface area contributed by atoms with Crippen molar-refractivity contribution in [1.82, 2.24) is 5.32 Å². The van der Waals surface area contributed by atoms with Crippen molar-refractivity contribution in [2.45, 2.75) is 43.4 Å². The molecule has 2 N–H and O–H groups in total. The van der Waals surface area contributed by atoms with Gasteiger partial charge in [0.1, 0.15) is 0 Å². The molecule has 30 heavy (non-hydrogen) atoms. The quantitative estimate of drug-likeness (QED) is 0.154. The van der Waals surface area contributed by atoms with Crippen molar-refractivity contribution in [2.24, 2.45) is 5.92 Å². The standard InChI is InChI=1S/C14H18F7NO7S/c1-4-9(23)29-12(13(17,18)19,10(24)22-7-8(2)3)28-6-5-11(15,16)14(20,21)30(25,26)27/h4,8H,1,5-7H2,2-3H3,(H,22,24)(H,25,26,27). The van der Waals surface area contributed by atoms with Crippen LogP contribution in [0, 0.1) is 5.92 Å². The topological polar surface area (TPSA) is 119 Å². The zero-order valence-corrected chi connectivity index (χ0v) is 16.3. The van der Waals surface area contributed by atoms with Crippen LogP contribution in [-0.2, 0) is 29.2 Å². The van der Waals surface area contributed by atoms with E-state index in [4.69, 9.17) is 4.55 Å². The SMILES string of the molecule is C=CC(=O)OC(OCCC(F)(F)C(F)(F)S(=O)(=O)O)(C(=O)NCC(C)C)C(F)(F)F. The van der Waals surface area contributed by atoms with Gasteiger partial charge in [0.05, 0.1) is 6.61 Å². The van der Waals surface area contributed by atoms with E-state index in [0.717, 1.165) is 0 Å². The second-order valence-corrected chi connectivity index (χ2v) is 7.60. The van der Waals surface area contributed by atoms with E-state index in [1.54, 1.807) is 5.32 Å². The van der Waals surface area contributed by atoms with Gasteiger partial charge in [-0.3, -0.25) is 9.35 Å². The maximum atomic E-state index is 13.5. The van der Waals surface area contributed by atoms with Crippen LogP contribution in [0.4, 0.5) is 30.7 Å². The summed E-state index contributed by atoms with van der Waals surface area (Å²) in [5.41, 5.74) is 0. The molecular weight excluding hydrogens is 459 g/mol. The van der Waals surface area contributed by atoms with Crippen LogP contribution < -0.4 is 5.32 Å². The van der Waals surface area contributed by atoms with E-state index >= 15 is 0 Å². The summed E-state index contributed by atoms with van der Waals surface area (Å²) in [5.74, 6) is -14.6. The van der Waals surface area contributed by atoms with E-state index in [9.17, 15) is 48.7 Å². The number of esters is 1. The third-order valence-electron chi connectivity index (χ3n) is 3.23. The number of alkyl halides is 7. The Morgan fingerprint density at radius 1 is 1.13 bits per heavy atom. The number of carbonyl (C=O) groups is 2. The van der Waals surface area contributed by atoms with Gasteiger partial charge in [-0.1, -0.05) is 20.4 Å². The summed E-state index contributed by atoms with van der Waals surface area (Å²) in [4.78, 5) is 23.3. The molecule has 16 heteroatoms. The molecule has 8 nitrogen and oxygen atoms in total. The number of amides is 1. The molecule has 1 atom stereocenters. The van der Waals surface area contributed by atoms with Crippen LogP contribution in [0.2, 0.25) is 0 Å². The predicted octanol–water partition coefficient (Wildman–Crippen LogP) is 2.27. The second kappa shape index (κ2) is 9.47. The molecule has 0 aromatic heterocycles. The molecule has 0 aliphatic heterocycles. The van der Waals surface area contributed by atoms with Crippen molar-refractivity contribution < 1.29 is 62.8 Å². The average Bonchev–Trinajstić information content (AvgIpc) is 2.55. The van der Waals surface area contributed by atoms with Crippen molar-refractivity contribution in [3.05, 3.63) is 12.7 Å². The first kappa shape index (κ1) is 28.1. The maximum Gasteiger partial charge on any atom is 0.466 e. The number of ether oxygens (including phenoxy) is 2. The lowest BCUT2D eigenvalue weighted by molar-refractivity contribution is -0.349. The van der Waals surface area contributed by atoms with Crippen LogP contribution in [0.1, 0.15) is 20.3 Å². The minimum atomic E-state index is -6.65. The van der Waals surface area contributed by atoms with Crippen molar-refractivity contribution in [2.75, 3.05) is 13.2 Å². The molecule has 0 saturated carbocycles. The van der Waals surface area contributed by atoms with Crippen LogP contribution in [-0.4, -0.2) is 61.1 Å². The fourth-order valence-corrected chi connectivity index (χ4v) is 2.14. The molecule has 0 aliphatic rings. The van der Waals surface area contributed by atoms with Gasteiger partial charge in [0.25, 0.3) is 0 Å². The summed E-state index contributed by atoms with van der Waals surface area (Å²) in [5, 5.41) is -4.39. The molecular formula is C14H18F7NO7S. The van der Waals surface area contributed by atoms with Crippen LogP contribution in [0.15, 0.2) is 12.7 Å². The molecule has 0 aromatic carbocycles. The Morgan fingerprint density at radius 2 is 1.63 bits per heavy atom. The van der Waals surface area contributed by atoms with E-state index in [1.165, 1.54) is 13.8 Å². The van der Waals surface area contributed by atoms with Crippen LogP contribution in [0.5, 0.6) is 0 Å². The number of halogens is 7. The monoisotopic (exact) mass is 477 g/mol. The summed E-state index contributed by atoms with van der Waals surface area (Å²) in [6.07, 6.45) is -8.12. The fourth-order valence-electron chi connectivity index (χ4n) is 1.66. The largest absolute Gasteiger partial charge is 0.466 e. The summed E-state index contributed by atoms with van der Waals surface area (Å²) >= 11 is 0. The summed E-state index contributed by atoms with van der Waals surface area (Å²) < 4.78 is 131. The molecule has 0 rings (SSSR count). The zero-order chi connectivity index (χ0) is 24.2. The van der Waals surface area contributed by atoms with Gasteiger partial charge in [0, 0.05) is 19.0 Å². The van der Waals surface area contributed by atoms with Crippen LogP contribution in [0.25, 0.3) is 0 Å². The molecule has 1 unspecified atom stereocenters. The average molecular weight is 477 g/mol. The Hall–Kier alpha value is -1.94. The van der Waals surface area contributed by atoms with E-state index in [-0.39, 0.29) is 6.08 Å². The smallest absolute Gasteiger partial charge is 0.412 e. The predicted molar refractivity (Wildman–Crippen MR) is 84.9 cm³/mol. The van der Waals surface area contributed by atoms with Gasteiger partial charge < -0.3 is 14.8 Å². The number of carbonyl (C=O) groups excluding carboxylic acids is 2. The highest BCUT2D eigenvalue weighted by Crippen LogP contribution is 2.42. The highest BCUT2D eigenvalue weighted by molar-refractivity contribution is 7.87. The third-order valence-corrected chi connectivity index (χ3v) is 4.17. The van der Waals surface area contributed by atoms with Gasteiger partial charge >= 0.3 is 45.1 Å². The van der Waals surface area contributed by atoms with Crippen molar-refractivity contribution in [3.63, 3.8) is 0 Å². The normalized spacial score (nSPS) is 15.4. The Balaban J connectivity index is 5.91. The van der Waals surface area contributed by atoms with E-state index in [0.29, 0.717) is 0 Å². The Labute approximate surface area is 166 Å². The molecule has 0 bridgehead atoms. The number of hydrogen-bond acceptors (Lipinski definition) is 6. The van der Waals surface area contributed by atoms with Crippen LogP contribution >= 0.6 is 0 Å². The molecule has 176 valence electrons. The van der Waals surface area contributed by atoms with Gasteiger partial charge in [-0.05, 0) is 5.92 Å². The van der Waals surface area contributed by atoms with Gasteiger partial charge in [-0.2, -0.15) is 39.2 Å². The zero-order valence-electron chi connectivity index (χ0n) is 15.4.